The molecule has 2 N–H and O–H groups in total. The highest BCUT2D eigenvalue weighted by molar-refractivity contribution is 5.94. The van der Waals surface area contributed by atoms with Crippen LogP contribution in [0.25, 0.3) is 11.1 Å². The Labute approximate surface area is 286 Å². The van der Waals surface area contributed by atoms with E-state index in [9.17, 15) is 19.2 Å². The van der Waals surface area contributed by atoms with Crippen molar-refractivity contribution >= 4 is 24.2 Å². The number of tetrazole rings is 1. The molecule has 0 spiro atoms. The maximum atomic E-state index is 14.2. The standard InChI is InChI=1S/C37H45N7O5/c1-36(2,3)49-35(48)38-30-15-11-6-4-5-10-14-29-21-37(29,24-45)39-33(46)31-20-28(23-43(31)34(30)47)32-40-42-44(41-32)22-25-16-18-27(19-17-25)26-12-8-7-9-13-26/h7-10,12-14,16-19,24,28-31H,4-6,11,15,20-23H2,1-3H3,(H,38,48)(H,39,46)/b14-10-/t28-,29-,30+,31+,37+/m1/s1. The first-order valence-corrected chi connectivity index (χ1v) is 17.2. The summed E-state index contributed by atoms with van der Waals surface area (Å²) in [5.74, 6) is -0.810. The topological polar surface area (TPSA) is 148 Å². The van der Waals surface area contributed by atoms with Gasteiger partial charge in [0.2, 0.25) is 11.8 Å². The second-order valence-corrected chi connectivity index (χ2v) is 14.4. The molecule has 2 aromatic carbocycles. The molecule has 12 heteroatoms. The van der Waals surface area contributed by atoms with Gasteiger partial charge in [0.15, 0.2) is 5.82 Å². The molecule has 6 rings (SSSR count). The molecule has 3 aromatic rings. The maximum absolute atomic E-state index is 14.2. The van der Waals surface area contributed by atoms with E-state index in [2.05, 4.69) is 56.4 Å². The van der Waals surface area contributed by atoms with E-state index in [1.165, 1.54) is 9.70 Å². The molecule has 3 amide bonds. The van der Waals surface area contributed by atoms with E-state index < -0.39 is 35.2 Å². The Morgan fingerprint density at radius 1 is 1.06 bits per heavy atom. The molecule has 1 aliphatic carbocycles. The molecule has 49 heavy (non-hydrogen) atoms. The number of nitrogens with one attached hydrogen (secondary N) is 2. The molecule has 2 aliphatic heterocycles. The van der Waals surface area contributed by atoms with E-state index in [0.717, 1.165) is 42.2 Å². The predicted molar refractivity (Wildman–Crippen MR) is 182 cm³/mol. The van der Waals surface area contributed by atoms with Crippen molar-refractivity contribution in [2.24, 2.45) is 5.92 Å². The number of benzene rings is 2. The second kappa shape index (κ2) is 14.3. The molecule has 1 saturated heterocycles. The minimum Gasteiger partial charge on any atom is -0.444 e. The van der Waals surface area contributed by atoms with E-state index in [-0.39, 0.29) is 30.7 Å². The Bertz CT molecular complexity index is 1680. The number of fused-ring (bicyclic) bond motifs is 2. The summed E-state index contributed by atoms with van der Waals surface area (Å²) in [6.45, 7) is 5.85. The van der Waals surface area contributed by atoms with Gasteiger partial charge in [-0.15, -0.1) is 10.2 Å². The first-order chi connectivity index (χ1) is 23.5. The van der Waals surface area contributed by atoms with E-state index in [1.54, 1.807) is 20.8 Å². The van der Waals surface area contributed by atoms with Gasteiger partial charge in [-0.1, -0.05) is 79.6 Å². The highest BCUT2D eigenvalue weighted by atomic mass is 16.6. The number of hydrogen-bond donors (Lipinski definition) is 2. The Kier molecular flexibility index (Phi) is 9.94. The Morgan fingerprint density at radius 2 is 1.82 bits per heavy atom. The van der Waals surface area contributed by atoms with Crippen molar-refractivity contribution in [3.05, 3.63) is 78.1 Å². The zero-order chi connectivity index (χ0) is 34.6. The third kappa shape index (κ3) is 8.23. The normalized spacial score (nSPS) is 26.7. The first-order valence-electron chi connectivity index (χ1n) is 17.2. The summed E-state index contributed by atoms with van der Waals surface area (Å²) >= 11 is 0. The molecule has 5 atom stereocenters. The molecule has 12 nitrogen and oxygen atoms in total. The van der Waals surface area contributed by atoms with Crippen LogP contribution in [0.15, 0.2) is 66.7 Å². The van der Waals surface area contributed by atoms with Gasteiger partial charge in [0.1, 0.15) is 29.5 Å². The van der Waals surface area contributed by atoms with Gasteiger partial charge in [-0.25, -0.2) is 4.79 Å². The highest BCUT2D eigenvalue weighted by Crippen LogP contribution is 2.44. The summed E-state index contributed by atoms with van der Waals surface area (Å²) in [7, 11) is 0. The van der Waals surface area contributed by atoms with Gasteiger partial charge in [0.25, 0.3) is 0 Å². The number of rotatable bonds is 6. The largest absolute Gasteiger partial charge is 0.444 e. The third-order valence-electron chi connectivity index (χ3n) is 9.45. The van der Waals surface area contributed by atoms with Gasteiger partial charge in [0.05, 0.1) is 6.54 Å². The second-order valence-electron chi connectivity index (χ2n) is 14.4. The molecule has 1 aromatic heterocycles. The lowest BCUT2D eigenvalue weighted by Crippen LogP contribution is -2.55. The lowest BCUT2D eigenvalue weighted by atomic mass is 10.0. The zero-order valence-electron chi connectivity index (χ0n) is 28.4. The van der Waals surface area contributed by atoms with E-state index in [1.807, 2.05) is 36.4 Å². The van der Waals surface area contributed by atoms with Crippen LogP contribution in [0.2, 0.25) is 0 Å². The van der Waals surface area contributed by atoms with Crippen LogP contribution in [-0.4, -0.2) is 79.1 Å². The number of aromatic nitrogens is 4. The van der Waals surface area contributed by atoms with E-state index in [0.29, 0.717) is 31.6 Å². The van der Waals surface area contributed by atoms with Crippen LogP contribution in [0.4, 0.5) is 4.79 Å². The summed E-state index contributed by atoms with van der Waals surface area (Å²) in [4.78, 5) is 56.2. The average Bonchev–Trinajstić information content (AvgIpc) is 3.36. The van der Waals surface area contributed by atoms with Gasteiger partial charge in [-0.2, -0.15) is 4.80 Å². The lowest BCUT2D eigenvalue weighted by Gasteiger charge is -2.30. The summed E-state index contributed by atoms with van der Waals surface area (Å²) in [6, 6.07) is 16.5. The van der Waals surface area contributed by atoms with Crippen molar-refractivity contribution in [1.29, 1.82) is 0 Å². The van der Waals surface area contributed by atoms with Crippen LogP contribution in [0.3, 0.4) is 0 Å². The number of amides is 3. The molecule has 1 saturated carbocycles. The predicted octanol–water partition coefficient (Wildman–Crippen LogP) is 4.56. The summed E-state index contributed by atoms with van der Waals surface area (Å²) in [6.07, 6.45) is 8.68. The summed E-state index contributed by atoms with van der Waals surface area (Å²) in [5.41, 5.74) is 1.52. The number of aldehydes is 1. The van der Waals surface area contributed by atoms with Crippen molar-refractivity contribution in [2.45, 2.75) is 101 Å². The SMILES string of the molecule is CC(C)(C)OC(=O)N[C@H]1CCCCC/C=C\[C@@H]2C[C@@]2(C=O)NC(=O)[C@@H]2C[C@@H](c3nnn(Cc4ccc(-c5ccccc5)cc4)n3)CN2C1=O. The molecule has 258 valence electrons. The molecule has 0 radical (unpaired) electrons. The van der Waals surface area contributed by atoms with Gasteiger partial charge in [-0.3, -0.25) is 9.59 Å². The zero-order valence-corrected chi connectivity index (χ0v) is 28.4. The van der Waals surface area contributed by atoms with E-state index >= 15 is 0 Å². The van der Waals surface area contributed by atoms with Crippen LogP contribution in [0.1, 0.15) is 83.0 Å². The number of carbonyl (C=O) groups is 4. The quantitative estimate of drug-likeness (QED) is 0.287. The lowest BCUT2D eigenvalue weighted by molar-refractivity contribution is -0.140. The summed E-state index contributed by atoms with van der Waals surface area (Å²) in [5, 5.41) is 19.0. The number of nitrogens with zero attached hydrogens (tertiary/aromatic N) is 5. The van der Waals surface area contributed by atoms with Crippen molar-refractivity contribution in [3.8, 4) is 11.1 Å². The number of ether oxygens (including phenoxy) is 1. The molecule has 3 heterocycles. The molecular formula is C37H45N7O5. The van der Waals surface area contributed by atoms with Crippen LogP contribution in [0.5, 0.6) is 0 Å². The Hall–Kier alpha value is -4.87. The molecule has 3 aliphatic rings. The molecular weight excluding hydrogens is 622 g/mol. The fraction of sp³-hybridized carbons (Fsp3) is 0.486. The Balaban J connectivity index is 1.22. The van der Waals surface area contributed by atoms with Crippen molar-refractivity contribution in [2.75, 3.05) is 6.54 Å². The summed E-state index contributed by atoms with van der Waals surface area (Å²) < 4.78 is 5.49. The van der Waals surface area contributed by atoms with Crippen molar-refractivity contribution in [1.82, 2.24) is 35.7 Å². The number of alkyl carbamates (subject to hydrolysis) is 1. The van der Waals surface area contributed by atoms with Crippen LogP contribution in [0, 0.1) is 5.92 Å². The molecule has 2 fully saturated rings. The van der Waals surface area contributed by atoms with Crippen LogP contribution >= 0.6 is 0 Å². The first kappa shape index (κ1) is 34.0. The van der Waals surface area contributed by atoms with Crippen LogP contribution in [-0.2, 0) is 25.7 Å². The number of carbonyl (C=O) groups excluding carboxylic acids is 4. The highest BCUT2D eigenvalue weighted by Gasteiger charge is 2.56. The van der Waals surface area contributed by atoms with Gasteiger partial charge < -0.3 is 25.1 Å². The minimum atomic E-state index is -0.980. The third-order valence-corrected chi connectivity index (χ3v) is 9.45. The monoisotopic (exact) mass is 667 g/mol. The van der Waals surface area contributed by atoms with Gasteiger partial charge >= 0.3 is 6.09 Å². The van der Waals surface area contributed by atoms with Crippen molar-refractivity contribution in [3.63, 3.8) is 0 Å². The van der Waals surface area contributed by atoms with Gasteiger partial charge in [0, 0.05) is 18.4 Å². The van der Waals surface area contributed by atoms with E-state index in [4.69, 9.17) is 4.74 Å². The molecule has 0 bridgehead atoms. The van der Waals surface area contributed by atoms with Crippen LogP contribution < -0.4 is 10.6 Å². The Morgan fingerprint density at radius 3 is 2.55 bits per heavy atom. The fourth-order valence-electron chi connectivity index (χ4n) is 6.72. The fourth-order valence-corrected chi connectivity index (χ4v) is 6.72. The average molecular weight is 668 g/mol. The minimum absolute atomic E-state index is 0.0784. The smallest absolute Gasteiger partial charge is 0.408 e. The number of allylic oxidation sites excluding steroid dienone is 1. The number of hydrogen-bond acceptors (Lipinski definition) is 8. The maximum Gasteiger partial charge on any atom is 0.408 e. The molecule has 0 unspecified atom stereocenters. The van der Waals surface area contributed by atoms with Gasteiger partial charge in [-0.05, 0) is 74.8 Å². The van der Waals surface area contributed by atoms with Crippen molar-refractivity contribution < 1.29 is 23.9 Å².